The lowest BCUT2D eigenvalue weighted by Gasteiger charge is -2.15. The van der Waals surface area contributed by atoms with E-state index in [0.717, 1.165) is 49.8 Å². The monoisotopic (exact) mass is 636 g/mol. The van der Waals surface area contributed by atoms with E-state index in [9.17, 15) is 0 Å². The summed E-state index contributed by atoms with van der Waals surface area (Å²) in [7, 11) is 0. The zero-order valence-corrected chi connectivity index (χ0v) is 27.0. The lowest BCUT2D eigenvalue weighted by Crippen LogP contribution is -2.03. The van der Waals surface area contributed by atoms with Crippen LogP contribution in [0.3, 0.4) is 0 Å². The average molecular weight is 637 g/mol. The van der Waals surface area contributed by atoms with E-state index in [1.165, 1.54) is 43.4 Å². The van der Waals surface area contributed by atoms with Gasteiger partial charge in [0.15, 0.2) is 5.82 Å². The number of nitrogens with zero attached hydrogens (tertiary/aromatic N) is 4. The van der Waals surface area contributed by atoms with Gasteiger partial charge in [0.2, 0.25) is 0 Å². The van der Waals surface area contributed by atoms with Gasteiger partial charge in [0.25, 0.3) is 0 Å². The smallest absolute Gasteiger partial charge is 0.162 e. The predicted octanol–water partition coefficient (Wildman–Crippen LogP) is 11.8. The summed E-state index contributed by atoms with van der Waals surface area (Å²) in [5.41, 5.74) is 7.63. The molecular weight excluding hydrogens is 609 g/mol. The molecule has 232 valence electrons. The second-order valence-electron chi connectivity index (χ2n) is 13.0. The van der Waals surface area contributed by atoms with E-state index in [4.69, 9.17) is 9.97 Å². The molecule has 0 aliphatic carbocycles. The Morgan fingerprint density at radius 1 is 0.340 bits per heavy atom. The normalized spacial score (nSPS) is 12.0. The Labute approximate surface area is 287 Å². The summed E-state index contributed by atoms with van der Waals surface area (Å²) in [5, 5.41) is 10.5. The minimum absolute atomic E-state index is 0.707. The Kier molecular flexibility index (Phi) is 5.63. The zero-order chi connectivity index (χ0) is 32.8. The highest BCUT2D eigenvalue weighted by molar-refractivity contribution is 6.14. The first-order valence-electron chi connectivity index (χ1n) is 17.0. The van der Waals surface area contributed by atoms with E-state index < -0.39 is 0 Å². The maximum Gasteiger partial charge on any atom is 0.162 e. The predicted molar refractivity (Wildman–Crippen MR) is 209 cm³/mol. The molecule has 0 spiro atoms. The van der Waals surface area contributed by atoms with Gasteiger partial charge in [-0.15, -0.1) is 0 Å². The molecule has 11 aromatic rings. The molecule has 0 N–H and O–H groups in total. The van der Waals surface area contributed by atoms with E-state index in [1.807, 2.05) is 0 Å². The van der Waals surface area contributed by atoms with Crippen LogP contribution >= 0.6 is 0 Å². The summed E-state index contributed by atoms with van der Waals surface area (Å²) in [4.78, 5) is 10.8. The number of hydrogen-bond acceptors (Lipinski definition) is 2. The molecular formula is C46H28N4. The van der Waals surface area contributed by atoms with Gasteiger partial charge in [0.1, 0.15) is 5.82 Å². The summed E-state index contributed by atoms with van der Waals surface area (Å²) in [6, 6.07) is 60.8. The fraction of sp³-hybridized carbons (Fsp3) is 0. The molecule has 4 nitrogen and oxygen atoms in total. The van der Waals surface area contributed by atoms with Crippen LogP contribution in [0.25, 0.3) is 99.0 Å². The Balaban J connectivity index is 1.26. The van der Waals surface area contributed by atoms with Crippen molar-refractivity contribution in [2.75, 3.05) is 0 Å². The number of benzene rings is 8. The Bertz CT molecular complexity index is 3110. The van der Waals surface area contributed by atoms with Gasteiger partial charge in [-0.2, -0.15) is 0 Å². The van der Waals surface area contributed by atoms with Crippen molar-refractivity contribution in [1.29, 1.82) is 0 Å². The van der Waals surface area contributed by atoms with Gasteiger partial charge in [-0.05, 0) is 58.6 Å². The quantitative estimate of drug-likeness (QED) is 0.181. The van der Waals surface area contributed by atoms with Gasteiger partial charge in [-0.3, -0.25) is 4.57 Å². The summed E-state index contributed by atoms with van der Waals surface area (Å²) >= 11 is 0. The van der Waals surface area contributed by atoms with Crippen molar-refractivity contribution in [3.8, 4) is 22.9 Å². The van der Waals surface area contributed by atoms with Crippen LogP contribution in [0.2, 0.25) is 0 Å². The molecule has 0 aliphatic rings. The van der Waals surface area contributed by atoms with Crippen molar-refractivity contribution < 1.29 is 0 Å². The third kappa shape index (κ3) is 3.87. The number of aromatic nitrogens is 4. The molecule has 3 aromatic heterocycles. The topological polar surface area (TPSA) is 35.6 Å². The Hall–Kier alpha value is -6.78. The summed E-state index contributed by atoms with van der Waals surface area (Å²) in [6.07, 6.45) is 0. The number of rotatable bonds is 3. The summed E-state index contributed by atoms with van der Waals surface area (Å²) in [5.74, 6) is 1.58. The Morgan fingerprint density at radius 2 is 0.880 bits per heavy atom. The fourth-order valence-electron chi connectivity index (χ4n) is 8.00. The molecule has 0 amide bonds. The van der Waals surface area contributed by atoms with E-state index in [1.54, 1.807) is 0 Å². The minimum Gasteiger partial charge on any atom is -0.309 e. The first-order chi connectivity index (χ1) is 24.8. The first-order valence-corrected chi connectivity index (χ1v) is 17.0. The van der Waals surface area contributed by atoms with E-state index in [0.29, 0.717) is 5.82 Å². The highest BCUT2D eigenvalue weighted by Gasteiger charge is 2.20. The molecule has 0 fully saturated rings. The second kappa shape index (κ2) is 10.4. The van der Waals surface area contributed by atoms with Crippen LogP contribution in [0, 0.1) is 0 Å². The lowest BCUT2D eigenvalue weighted by molar-refractivity contribution is 1.07. The molecule has 0 aliphatic heterocycles. The van der Waals surface area contributed by atoms with Gasteiger partial charge < -0.3 is 4.57 Å². The molecule has 0 saturated heterocycles. The molecule has 0 unspecified atom stereocenters. The average Bonchev–Trinajstić information content (AvgIpc) is 3.69. The molecule has 0 atom stereocenters. The maximum absolute atomic E-state index is 5.46. The van der Waals surface area contributed by atoms with Crippen LogP contribution in [0.4, 0.5) is 0 Å². The van der Waals surface area contributed by atoms with Crippen LogP contribution in [-0.4, -0.2) is 19.1 Å². The van der Waals surface area contributed by atoms with Crippen LogP contribution in [0.1, 0.15) is 0 Å². The van der Waals surface area contributed by atoms with Crippen LogP contribution in [0.15, 0.2) is 170 Å². The second-order valence-corrected chi connectivity index (χ2v) is 13.0. The van der Waals surface area contributed by atoms with E-state index in [-0.39, 0.29) is 0 Å². The molecule has 50 heavy (non-hydrogen) atoms. The van der Waals surface area contributed by atoms with Gasteiger partial charge in [0.05, 0.1) is 27.6 Å². The van der Waals surface area contributed by atoms with E-state index in [2.05, 4.69) is 179 Å². The molecule has 11 rings (SSSR count). The van der Waals surface area contributed by atoms with Crippen molar-refractivity contribution in [3.63, 3.8) is 0 Å². The number of fused-ring (bicyclic) bond motifs is 10. The third-order valence-corrected chi connectivity index (χ3v) is 10.3. The van der Waals surface area contributed by atoms with Crippen molar-refractivity contribution >= 4 is 76.1 Å². The standard InChI is InChI=1S/C46H28N4/c1-2-13-31-27-32(22-21-29(31)11-1)45-47-44-34-14-4-3-12-30(34)23-25-39(44)46(48-45)50-42-20-10-7-17-37(42)38-26-24-33(28-43(38)50)49-40-18-8-5-15-35(40)36-16-6-9-19-41(36)49/h1-28H. The molecule has 0 radical (unpaired) electrons. The van der Waals surface area contributed by atoms with Gasteiger partial charge in [0, 0.05) is 43.6 Å². The summed E-state index contributed by atoms with van der Waals surface area (Å²) in [6.45, 7) is 0. The van der Waals surface area contributed by atoms with Gasteiger partial charge >= 0.3 is 0 Å². The molecule has 0 saturated carbocycles. The first kappa shape index (κ1) is 27.2. The fourth-order valence-corrected chi connectivity index (χ4v) is 8.00. The SMILES string of the molecule is c1ccc2cc(-c3nc(-n4c5ccccc5c5ccc(-n6c7ccccc7c7ccccc76)cc54)c4ccc5ccccc5c4n3)ccc2c1. The van der Waals surface area contributed by atoms with Crippen LogP contribution < -0.4 is 0 Å². The van der Waals surface area contributed by atoms with Crippen molar-refractivity contribution in [3.05, 3.63) is 170 Å². The van der Waals surface area contributed by atoms with Crippen molar-refractivity contribution in [1.82, 2.24) is 19.1 Å². The third-order valence-electron chi connectivity index (χ3n) is 10.3. The number of hydrogen-bond donors (Lipinski definition) is 0. The summed E-state index contributed by atoms with van der Waals surface area (Å²) < 4.78 is 4.74. The highest BCUT2D eigenvalue weighted by Crippen LogP contribution is 2.39. The highest BCUT2D eigenvalue weighted by atomic mass is 15.1. The molecule has 0 bridgehead atoms. The van der Waals surface area contributed by atoms with Gasteiger partial charge in [-0.1, -0.05) is 127 Å². The Morgan fingerprint density at radius 3 is 1.60 bits per heavy atom. The van der Waals surface area contributed by atoms with Crippen molar-refractivity contribution in [2.45, 2.75) is 0 Å². The van der Waals surface area contributed by atoms with E-state index >= 15 is 0 Å². The van der Waals surface area contributed by atoms with Crippen LogP contribution in [0.5, 0.6) is 0 Å². The molecule has 3 heterocycles. The number of para-hydroxylation sites is 3. The molecule has 8 aromatic carbocycles. The largest absolute Gasteiger partial charge is 0.309 e. The maximum atomic E-state index is 5.46. The molecule has 4 heteroatoms. The van der Waals surface area contributed by atoms with Gasteiger partial charge in [-0.25, -0.2) is 9.97 Å². The minimum atomic E-state index is 0.707. The zero-order valence-electron chi connectivity index (χ0n) is 27.0. The van der Waals surface area contributed by atoms with Crippen LogP contribution in [-0.2, 0) is 0 Å². The lowest BCUT2D eigenvalue weighted by atomic mass is 10.0. The van der Waals surface area contributed by atoms with Crippen molar-refractivity contribution in [2.24, 2.45) is 0 Å².